The Balaban J connectivity index is 2.22. The maximum Gasteiger partial charge on any atom is 0.163 e. The zero-order valence-electron chi connectivity index (χ0n) is 10.2. The molecule has 0 unspecified atom stereocenters. The van der Waals surface area contributed by atoms with Crippen LogP contribution in [0.15, 0.2) is 41.1 Å². The van der Waals surface area contributed by atoms with Crippen molar-refractivity contribution in [2.45, 2.75) is 13.5 Å². The molecule has 0 aliphatic carbocycles. The predicted octanol–water partition coefficient (Wildman–Crippen LogP) is 4.28. The molecule has 98 valence electrons. The minimum absolute atomic E-state index is 0.0386. The van der Waals surface area contributed by atoms with Gasteiger partial charge in [0.1, 0.15) is 12.4 Å². The Morgan fingerprint density at radius 1 is 1.42 bits per heavy atom. The number of Topliss-reactive ketones (excluding diaryl/α,β-unsaturated/α-hetero) is 1. The number of aromatic nitrogens is 1. The van der Waals surface area contributed by atoms with E-state index in [-0.39, 0.29) is 12.4 Å². The molecule has 2 rings (SSSR count). The van der Waals surface area contributed by atoms with Crippen molar-refractivity contribution in [1.29, 1.82) is 0 Å². The fraction of sp³-hybridized carbons (Fsp3) is 0.143. The van der Waals surface area contributed by atoms with Crippen molar-refractivity contribution in [1.82, 2.24) is 4.98 Å². The molecule has 0 N–H and O–H groups in total. The van der Waals surface area contributed by atoms with Gasteiger partial charge in [-0.3, -0.25) is 9.78 Å². The minimum Gasteiger partial charge on any atom is -0.488 e. The van der Waals surface area contributed by atoms with Gasteiger partial charge in [-0.2, -0.15) is 0 Å². The first-order chi connectivity index (χ1) is 9.08. The summed E-state index contributed by atoms with van der Waals surface area (Å²) < 4.78 is 6.54. The van der Waals surface area contributed by atoms with E-state index in [9.17, 15) is 4.79 Å². The van der Waals surface area contributed by atoms with Gasteiger partial charge in [-0.1, -0.05) is 27.5 Å². The molecule has 0 fully saturated rings. The Hall–Kier alpha value is -1.39. The molecule has 1 aromatic heterocycles. The second kappa shape index (κ2) is 6.17. The van der Waals surface area contributed by atoms with E-state index in [2.05, 4.69) is 20.9 Å². The standard InChI is InChI=1S/C14H11BrClNO2/c1-9(18)12-3-2-11(15)6-14(12)19-8-10-4-5-17-7-13(10)16/h2-7H,8H2,1H3. The Morgan fingerprint density at radius 3 is 2.89 bits per heavy atom. The fourth-order valence-corrected chi connectivity index (χ4v) is 2.10. The smallest absolute Gasteiger partial charge is 0.163 e. The summed E-state index contributed by atoms with van der Waals surface area (Å²) in [5, 5.41) is 0.543. The third-order valence-corrected chi connectivity index (χ3v) is 3.40. The third-order valence-electron chi connectivity index (χ3n) is 2.56. The summed E-state index contributed by atoms with van der Waals surface area (Å²) in [6, 6.07) is 7.10. The maximum absolute atomic E-state index is 11.5. The molecule has 0 saturated carbocycles. The Labute approximate surface area is 124 Å². The highest BCUT2D eigenvalue weighted by Gasteiger charge is 2.10. The Kier molecular flexibility index (Phi) is 4.56. The lowest BCUT2D eigenvalue weighted by atomic mass is 10.1. The monoisotopic (exact) mass is 339 g/mol. The number of carbonyl (C=O) groups excluding carboxylic acids is 1. The molecule has 0 aliphatic heterocycles. The lowest BCUT2D eigenvalue weighted by Crippen LogP contribution is -2.02. The molecule has 3 nitrogen and oxygen atoms in total. The van der Waals surface area contributed by atoms with Crippen LogP contribution in [0.2, 0.25) is 5.02 Å². The number of carbonyl (C=O) groups is 1. The summed E-state index contributed by atoms with van der Waals surface area (Å²) >= 11 is 9.36. The van der Waals surface area contributed by atoms with Crippen LogP contribution in [-0.2, 0) is 6.61 Å². The molecule has 1 heterocycles. The molecule has 2 aromatic rings. The first-order valence-corrected chi connectivity index (χ1v) is 6.76. The van der Waals surface area contributed by atoms with Crippen LogP contribution in [0.5, 0.6) is 5.75 Å². The van der Waals surface area contributed by atoms with Crippen molar-refractivity contribution in [3.05, 3.63) is 57.3 Å². The molecular formula is C14H11BrClNO2. The fourth-order valence-electron chi connectivity index (χ4n) is 1.58. The summed E-state index contributed by atoms with van der Waals surface area (Å²) in [6.45, 7) is 1.80. The van der Waals surface area contributed by atoms with Gasteiger partial charge in [0.05, 0.1) is 10.6 Å². The molecule has 0 atom stereocenters. The number of ether oxygens (including phenoxy) is 1. The molecule has 0 aliphatic rings. The van der Waals surface area contributed by atoms with Gasteiger partial charge in [0, 0.05) is 22.4 Å². The maximum atomic E-state index is 11.5. The van der Waals surface area contributed by atoms with Crippen LogP contribution < -0.4 is 4.74 Å². The van der Waals surface area contributed by atoms with Crippen LogP contribution in [0, 0.1) is 0 Å². The van der Waals surface area contributed by atoms with E-state index in [1.807, 2.05) is 6.07 Å². The highest BCUT2D eigenvalue weighted by molar-refractivity contribution is 9.10. The van der Waals surface area contributed by atoms with Crippen molar-refractivity contribution >= 4 is 33.3 Å². The van der Waals surface area contributed by atoms with E-state index in [1.54, 1.807) is 30.6 Å². The van der Waals surface area contributed by atoms with Crippen molar-refractivity contribution in [2.24, 2.45) is 0 Å². The predicted molar refractivity (Wildman–Crippen MR) is 77.7 cm³/mol. The number of benzene rings is 1. The molecule has 0 bridgehead atoms. The van der Waals surface area contributed by atoms with Gasteiger partial charge in [-0.05, 0) is 31.2 Å². The zero-order valence-corrected chi connectivity index (χ0v) is 12.5. The van der Waals surface area contributed by atoms with E-state index in [4.69, 9.17) is 16.3 Å². The van der Waals surface area contributed by atoms with Crippen molar-refractivity contribution in [2.75, 3.05) is 0 Å². The van der Waals surface area contributed by atoms with Gasteiger partial charge in [-0.25, -0.2) is 0 Å². The summed E-state index contributed by atoms with van der Waals surface area (Å²) in [5.74, 6) is 0.498. The molecule has 5 heteroatoms. The molecule has 0 spiro atoms. The van der Waals surface area contributed by atoms with E-state index in [0.29, 0.717) is 16.3 Å². The van der Waals surface area contributed by atoms with Crippen LogP contribution in [0.1, 0.15) is 22.8 Å². The SMILES string of the molecule is CC(=O)c1ccc(Br)cc1OCc1ccncc1Cl. The van der Waals surface area contributed by atoms with Crippen LogP contribution in [0.3, 0.4) is 0 Å². The van der Waals surface area contributed by atoms with Crippen LogP contribution >= 0.6 is 27.5 Å². The molecule has 19 heavy (non-hydrogen) atoms. The third kappa shape index (κ3) is 3.55. The first kappa shape index (κ1) is 14.0. The van der Waals surface area contributed by atoms with Gasteiger partial charge in [0.2, 0.25) is 0 Å². The van der Waals surface area contributed by atoms with Gasteiger partial charge in [0.15, 0.2) is 5.78 Å². The van der Waals surface area contributed by atoms with Crippen LogP contribution in [-0.4, -0.2) is 10.8 Å². The van der Waals surface area contributed by atoms with Crippen molar-refractivity contribution in [3.8, 4) is 5.75 Å². The molecule has 1 aromatic carbocycles. The van der Waals surface area contributed by atoms with Crippen LogP contribution in [0.4, 0.5) is 0 Å². The van der Waals surface area contributed by atoms with Crippen LogP contribution in [0.25, 0.3) is 0 Å². The highest BCUT2D eigenvalue weighted by Crippen LogP contribution is 2.26. The topological polar surface area (TPSA) is 39.2 Å². The van der Waals surface area contributed by atoms with E-state index in [0.717, 1.165) is 10.0 Å². The lowest BCUT2D eigenvalue weighted by Gasteiger charge is -2.11. The summed E-state index contributed by atoms with van der Waals surface area (Å²) in [7, 11) is 0. The van der Waals surface area contributed by atoms with E-state index < -0.39 is 0 Å². The summed E-state index contributed by atoms with van der Waals surface area (Å²) in [5.41, 5.74) is 1.37. The number of rotatable bonds is 4. The van der Waals surface area contributed by atoms with Crippen molar-refractivity contribution < 1.29 is 9.53 Å². The molecule has 0 saturated heterocycles. The minimum atomic E-state index is -0.0386. The van der Waals surface area contributed by atoms with Crippen molar-refractivity contribution in [3.63, 3.8) is 0 Å². The summed E-state index contributed by atoms with van der Waals surface area (Å²) in [4.78, 5) is 15.4. The molecular weight excluding hydrogens is 330 g/mol. The largest absolute Gasteiger partial charge is 0.488 e. The van der Waals surface area contributed by atoms with E-state index in [1.165, 1.54) is 6.92 Å². The quantitative estimate of drug-likeness (QED) is 0.780. The van der Waals surface area contributed by atoms with Gasteiger partial charge >= 0.3 is 0 Å². The number of pyridine rings is 1. The number of hydrogen-bond donors (Lipinski definition) is 0. The normalized spacial score (nSPS) is 10.3. The second-order valence-electron chi connectivity index (χ2n) is 3.95. The van der Waals surface area contributed by atoms with E-state index >= 15 is 0 Å². The summed E-state index contributed by atoms with van der Waals surface area (Å²) in [6.07, 6.45) is 3.21. The molecule has 0 radical (unpaired) electrons. The highest BCUT2D eigenvalue weighted by atomic mass is 79.9. The van der Waals surface area contributed by atoms with Gasteiger partial charge in [0.25, 0.3) is 0 Å². The zero-order chi connectivity index (χ0) is 13.8. The van der Waals surface area contributed by atoms with Gasteiger partial charge in [-0.15, -0.1) is 0 Å². The molecule has 0 amide bonds. The average Bonchev–Trinajstić information content (AvgIpc) is 2.37. The second-order valence-corrected chi connectivity index (χ2v) is 5.28. The Morgan fingerprint density at radius 2 is 2.21 bits per heavy atom. The lowest BCUT2D eigenvalue weighted by molar-refractivity contribution is 0.101. The average molecular weight is 341 g/mol. The Bertz CT molecular complexity index is 616. The number of hydrogen-bond acceptors (Lipinski definition) is 3. The number of ketones is 1. The number of halogens is 2. The first-order valence-electron chi connectivity index (χ1n) is 5.59. The van der Waals surface area contributed by atoms with Gasteiger partial charge < -0.3 is 4.74 Å². The number of nitrogens with zero attached hydrogens (tertiary/aromatic N) is 1.